The van der Waals surface area contributed by atoms with Crippen LogP contribution in [0.4, 0.5) is 0 Å². The van der Waals surface area contributed by atoms with Gasteiger partial charge >= 0.3 is 0 Å². The van der Waals surface area contributed by atoms with Crippen LogP contribution in [0, 0.1) is 0 Å². The second-order valence-electron chi connectivity index (χ2n) is 2.38. The average molecular weight is 99.1 g/mol. The zero-order chi connectivity index (χ0) is 4.85. The van der Waals surface area contributed by atoms with E-state index in [1.807, 2.05) is 0 Å². The molecule has 7 heavy (non-hydrogen) atoms. The van der Waals surface area contributed by atoms with Crippen molar-refractivity contribution in [1.82, 2.24) is 4.90 Å². The second kappa shape index (κ2) is 1.01. The number of likely N-dealkylation sites (tertiary alicyclic amines) is 1. The van der Waals surface area contributed by atoms with E-state index in [-0.39, 0.29) is 0 Å². The first-order valence-corrected chi connectivity index (χ1v) is 2.70. The summed E-state index contributed by atoms with van der Waals surface area (Å²) in [5.74, 6) is 0. The molecular formula is C5H9NO. The molecule has 0 bridgehead atoms. The first-order chi connectivity index (χ1) is 3.38. The number of ether oxygens (including phenoxy) is 1. The van der Waals surface area contributed by atoms with Crippen LogP contribution in [0.15, 0.2) is 0 Å². The molecule has 2 saturated heterocycles. The highest BCUT2D eigenvalue weighted by Gasteiger charge is 2.44. The maximum absolute atomic E-state index is 5.16. The first-order valence-electron chi connectivity index (χ1n) is 2.70. The highest BCUT2D eigenvalue weighted by molar-refractivity contribution is 4.97. The van der Waals surface area contributed by atoms with Gasteiger partial charge in [0.2, 0.25) is 0 Å². The molecule has 2 atom stereocenters. The van der Waals surface area contributed by atoms with E-state index < -0.39 is 0 Å². The summed E-state index contributed by atoms with van der Waals surface area (Å²) < 4.78 is 5.16. The third-order valence-corrected chi connectivity index (χ3v) is 1.94. The molecule has 0 amide bonds. The van der Waals surface area contributed by atoms with Gasteiger partial charge in [-0.15, -0.1) is 0 Å². The maximum Gasteiger partial charge on any atom is 0.0880 e. The van der Waals surface area contributed by atoms with Gasteiger partial charge in [0, 0.05) is 6.54 Å². The number of hydrogen-bond acceptors (Lipinski definition) is 2. The van der Waals surface area contributed by atoms with E-state index >= 15 is 0 Å². The molecule has 0 saturated carbocycles. The Morgan fingerprint density at radius 1 is 1.71 bits per heavy atom. The molecule has 0 aromatic heterocycles. The zero-order valence-electron chi connectivity index (χ0n) is 4.42. The number of likely N-dealkylation sites (N-methyl/N-ethyl adjacent to an activating group) is 1. The van der Waals surface area contributed by atoms with Gasteiger partial charge in [-0.2, -0.15) is 0 Å². The Labute approximate surface area is 43.1 Å². The summed E-state index contributed by atoms with van der Waals surface area (Å²) in [6.45, 7) is 2.13. The van der Waals surface area contributed by atoms with Crippen molar-refractivity contribution < 1.29 is 4.74 Å². The molecular weight excluding hydrogens is 90.1 g/mol. The molecule has 2 fully saturated rings. The van der Waals surface area contributed by atoms with Gasteiger partial charge in [-0.25, -0.2) is 0 Å². The van der Waals surface area contributed by atoms with Crippen molar-refractivity contribution in [2.24, 2.45) is 0 Å². The van der Waals surface area contributed by atoms with Crippen molar-refractivity contribution in [3.63, 3.8) is 0 Å². The van der Waals surface area contributed by atoms with Crippen molar-refractivity contribution in [2.45, 2.75) is 12.1 Å². The molecule has 2 rings (SSSR count). The summed E-state index contributed by atoms with van der Waals surface area (Å²) in [5, 5.41) is 0. The van der Waals surface area contributed by atoms with E-state index in [9.17, 15) is 0 Å². The van der Waals surface area contributed by atoms with Crippen LogP contribution in [0.2, 0.25) is 0 Å². The number of nitrogens with zero attached hydrogens (tertiary/aromatic N) is 1. The summed E-state index contributed by atoms with van der Waals surface area (Å²) in [6.07, 6.45) is 0.616. The van der Waals surface area contributed by atoms with E-state index in [1.165, 1.54) is 0 Å². The SMILES string of the molecule is CN1C[C@H]2OCC21. The van der Waals surface area contributed by atoms with Gasteiger partial charge in [0.05, 0.1) is 18.8 Å². The molecule has 0 radical (unpaired) electrons. The Balaban J connectivity index is 1.99. The molecule has 0 aliphatic carbocycles. The predicted octanol–water partition coefficient (Wildman–Crippen LogP) is -0.301. The van der Waals surface area contributed by atoms with Gasteiger partial charge in [0.1, 0.15) is 0 Å². The molecule has 1 unspecified atom stereocenters. The van der Waals surface area contributed by atoms with Crippen LogP contribution in [0.25, 0.3) is 0 Å². The van der Waals surface area contributed by atoms with Crippen LogP contribution in [-0.4, -0.2) is 37.2 Å². The first kappa shape index (κ1) is 3.87. The molecule has 0 aromatic rings. The number of rotatable bonds is 0. The molecule has 40 valence electrons. The summed E-state index contributed by atoms with van der Waals surface area (Å²) in [7, 11) is 2.14. The highest BCUT2D eigenvalue weighted by Crippen LogP contribution is 2.27. The minimum Gasteiger partial charge on any atom is -0.373 e. The van der Waals surface area contributed by atoms with Crippen molar-refractivity contribution in [3.05, 3.63) is 0 Å². The van der Waals surface area contributed by atoms with Crippen LogP contribution >= 0.6 is 0 Å². The molecule has 0 aromatic carbocycles. The minimum absolute atomic E-state index is 0.616. The largest absolute Gasteiger partial charge is 0.373 e. The number of fused-ring (bicyclic) bond motifs is 1. The van der Waals surface area contributed by atoms with Gasteiger partial charge in [0.25, 0.3) is 0 Å². The standard InChI is InChI=1S/C5H9NO/c1-6-2-5-4(6)3-7-5/h4-5H,2-3H2,1H3/t4?,5-/m1/s1. The summed E-state index contributed by atoms with van der Waals surface area (Å²) in [4.78, 5) is 2.33. The van der Waals surface area contributed by atoms with Crippen LogP contribution in [-0.2, 0) is 4.74 Å². The van der Waals surface area contributed by atoms with Crippen LogP contribution in [0.5, 0.6) is 0 Å². The van der Waals surface area contributed by atoms with E-state index in [4.69, 9.17) is 4.74 Å². The quantitative estimate of drug-likeness (QED) is 0.413. The van der Waals surface area contributed by atoms with E-state index in [1.54, 1.807) is 0 Å². The molecule has 0 N–H and O–H groups in total. The van der Waals surface area contributed by atoms with Crippen LogP contribution < -0.4 is 0 Å². The van der Waals surface area contributed by atoms with Gasteiger partial charge < -0.3 is 4.74 Å². The van der Waals surface area contributed by atoms with Crippen LogP contribution in [0.1, 0.15) is 0 Å². The average Bonchev–Trinajstić information content (AvgIpc) is 1.59. The lowest BCUT2D eigenvalue weighted by atomic mass is 9.96. The van der Waals surface area contributed by atoms with Gasteiger partial charge in [-0.05, 0) is 7.05 Å². The Kier molecular flexibility index (Phi) is 0.557. The van der Waals surface area contributed by atoms with Gasteiger partial charge in [0.15, 0.2) is 0 Å². The maximum atomic E-state index is 5.16. The third kappa shape index (κ3) is 0.318. The predicted molar refractivity (Wildman–Crippen MR) is 26.2 cm³/mol. The van der Waals surface area contributed by atoms with Crippen molar-refractivity contribution in [1.29, 1.82) is 0 Å². The molecule has 2 aliphatic rings. The molecule has 2 aliphatic heterocycles. The Bertz CT molecular complexity index is 90.1. The monoisotopic (exact) mass is 99.1 g/mol. The molecule has 2 nitrogen and oxygen atoms in total. The van der Waals surface area contributed by atoms with Gasteiger partial charge in [-0.1, -0.05) is 0 Å². The lowest BCUT2D eigenvalue weighted by Crippen LogP contribution is -2.68. The van der Waals surface area contributed by atoms with E-state index in [0.29, 0.717) is 6.10 Å². The van der Waals surface area contributed by atoms with E-state index in [2.05, 4.69) is 11.9 Å². The van der Waals surface area contributed by atoms with Gasteiger partial charge in [-0.3, -0.25) is 4.90 Å². The zero-order valence-corrected chi connectivity index (χ0v) is 4.42. The summed E-state index contributed by atoms with van der Waals surface area (Å²) >= 11 is 0. The Morgan fingerprint density at radius 3 is 2.57 bits per heavy atom. The Morgan fingerprint density at radius 2 is 2.57 bits per heavy atom. The van der Waals surface area contributed by atoms with Crippen molar-refractivity contribution in [3.8, 4) is 0 Å². The highest BCUT2D eigenvalue weighted by atomic mass is 16.5. The molecule has 2 heterocycles. The fourth-order valence-electron chi connectivity index (χ4n) is 1.19. The summed E-state index contributed by atoms with van der Waals surface area (Å²) in [6, 6.07) is 0.792. The van der Waals surface area contributed by atoms with E-state index in [0.717, 1.165) is 19.2 Å². The molecule has 2 heteroatoms. The summed E-state index contributed by atoms with van der Waals surface area (Å²) in [5.41, 5.74) is 0. The topological polar surface area (TPSA) is 12.5 Å². The lowest BCUT2D eigenvalue weighted by molar-refractivity contribution is -0.205. The minimum atomic E-state index is 0.616. The number of morpholine rings is 1. The smallest absolute Gasteiger partial charge is 0.0880 e. The normalized spacial score (nSPS) is 49.3. The molecule has 0 spiro atoms. The van der Waals surface area contributed by atoms with Crippen molar-refractivity contribution >= 4 is 0 Å². The van der Waals surface area contributed by atoms with Crippen LogP contribution in [0.3, 0.4) is 0 Å². The van der Waals surface area contributed by atoms with Crippen molar-refractivity contribution in [2.75, 3.05) is 20.2 Å². The number of hydrogen-bond donors (Lipinski definition) is 0. The third-order valence-electron chi connectivity index (χ3n) is 1.94. The fourth-order valence-corrected chi connectivity index (χ4v) is 1.19. The second-order valence-corrected chi connectivity index (χ2v) is 2.38. The fraction of sp³-hybridized carbons (Fsp3) is 1.00. The lowest BCUT2D eigenvalue weighted by Gasteiger charge is -2.53. The Hall–Kier alpha value is -0.0800.